The number of carbonyl (C=O) groups is 1. The summed E-state index contributed by atoms with van der Waals surface area (Å²) in [7, 11) is 0. The Labute approximate surface area is 196 Å². The summed E-state index contributed by atoms with van der Waals surface area (Å²) >= 11 is 0. The monoisotopic (exact) mass is 442 g/mol. The summed E-state index contributed by atoms with van der Waals surface area (Å²) < 4.78 is 1.90. The van der Waals surface area contributed by atoms with E-state index in [-0.39, 0.29) is 5.91 Å². The van der Waals surface area contributed by atoms with Crippen LogP contribution in [0.15, 0.2) is 91.0 Å². The first-order valence-corrected chi connectivity index (χ1v) is 11.2. The largest absolute Gasteiger partial charge is 0.322 e. The lowest BCUT2D eigenvalue weighted by Crippen LogP contribution is -2.13. The third-order valence-electron chi connectivity index (χ3n) is 6.23. The molecule has 34 heavy (non-hydrogen) atoms. The van der Waals surface area contributed by atoms with E-state index in [0.717, 1.165) is 44.3 Å². The van der Waals surface area contributed by atoms with Gasteiger partial charge in [0.2, 0.25) is 0 Å². The molecule has 0 aliphatic rings. The zero-order chi connectivity index (χ0) is 23.2. The lowest BCUT2D eigenvalue weighted by Gasteiger charge is -2.09. The minimum atomic E-state index is -0.133. The highest BCUT2D eigenvalue weighted by Gasteiger charge is 2.15. The van der Waals surface area contributed by atoms with Crippen molar-refractivity contribution in [3.63, 3.8) is 0 Å². The lowest BCUT2D eigenvalue weighted by molar-refractivity contribution is 0.102. The fourth-order valence-corrected chi connectivity index (χ4v) is 4.41. The predicted molar refractivity (Wildman–Crippen MR) is 137 cm³/mol. The Balaban J connectivity index is 1.50. The topological polar surface area (TPSA) is 59.3 Å². The van der Waals surface area contributed by atoms with Crippen LogP contribution in [0.1, 0.15) is 21.5 Å². The van der Waals surface area contributed by atoms with E-state index in [0.29, 0.717) is 11.3 Å². The Morgan fingerprint density at radius 1 is 0.824 bits per heavy atom. The number of benzene rings is 4. The maximum absolute atomic E-state index is 12.8. The molecule has 2 heterocycles. The number of fused-ring (bicyclic) bond motifs is 5. The standard InChI is InChI=1S/C29H22N4O/c1-18-11-13-20(14-12-18)27-23-9-5-6-10-24(23)28-31-25-17-21(15-16-26(25)33(28)32-27)30-29(34)22-8-4-3-7-19(22)2/h3-17H,1-2H3,(H,30,34). The van der Waals surface area contributed by atoms with Crippen molar-refractivity contribution in [2.45, 2.75) is 13.8 Å². The maximum Gasteiger partial charge on any atom is 0.255 e. The van der Waals surface area contributed by atoms with E-state index in [2.05, 4.69) is 48.6 Å². The van der Waals surface area contributed by atoms with Gasteiger partial charge in [-0.05, 0) is 43.7 Å². The molecule has 0 saturated carbocycles. The molecular weight excluding hydrogens is 420 g/mol. The van der Waals surface area contributed by atoms with Crippen molar-refractivity contribution < 1.29 is 4.79 Å². The molecule has 6 rings (SSSR count). The van der Waals surface area contributed by atoms with Gasteiger partial charge in [0.25, 0.3) is 5.91 Å². The van der Waals surface area contributed by atoms with Gasteiger partial charge < -0.3 is 5.32 Å². The molecule has 164 valence electrons. The van der Waals surface area contributed by atoms with Crippen LogP contribution in [-0.2, 0) is 0 Å². The highest BCUT2D eigenvalue weighted by molar-refractivity contribution is 6.07. The van der Waals surface area contributed by atoms with Crippen molar-refractivity contribution >= 4 is 39.0 Å². The molecule has 0 saturated heterocycles. The molecule has 6 aromatic rings. The average molecular weight is 443 g/mol. The van der Waals surface area contributed by atoms with Crippen LogP contribution in [0, 0.1) is 13.8 Å². The molecular formula is C29H22N4O. The van der Waals surface area contributed by atoms with Crippen LogP contribution in [0.2, 0.25) is 0 Å². The Morgan fingerprint density at radius 3 is 2.35 bits per heavy atom. The van der Waals surface area contributed by atoms with Crippen LogP contribution in [0.5, 0.6) is 0 Å². The number of aromatic nitrogens is 3. The fraction of sp³-hybridized carbons (Fsp3) is 0.0690. The minimum Gasteiger partial charge on any atom is -0.322 e. The van der Waals surface area contributed by atoms with E-state index in [1.165, 1.54) is 5.56 Å². The molecule has 0 aliphatic carbocycles. The minimum absolute atomic E-state index is 0.133. The van der Waals surface area contributed by atoms with Gasteiger partial charge in [0.1, 0.15) is 0 Å². The third kappa shape index (κ3) is 3.30. The SMILES string of the molecule is Cc1ccc(-c2nn3c4ccc(NC(=O)c5ccccc5C)cc4nc3c3ccccc23)cc1. The molecule has 0 atom stereocenters. The van der Waals surface area contributed by atoms with Crippen LogP contribution in [0.4, 0.5) is 5.69 Å². The van der Waals surface area contributed by atoms with E-state index in [1.807, 2.05) is 66.0 Å². The second-order valence-corrected chi connectivity index (χ2v) is 8.58. The summed E-state index contributed by atoms with van der Waals surface area (Å²) in [5, 5.41) is 10.1. The van der Waals surface area contributed by atoms with Gasteiger partial charge in [-0.15, -0.1) is 0 Å². The van der Waals surface area contributed by atoms with Gasteiger partial charge >= 0.3 is 0 Å². The van der Waals surface area contributed by atoms with E-state index in [4.69, 9.17) is 10.1 Å². The van der Waals surface area contributed by atoms with Crippen molar-refractivity contribution in [3.8, 4) is 11.3 Å². The number of amides is 1. The molecule has 5 heteroatoms. The van der Waals surface area contributed by atoms with Gasteiger partial charge in [0.05, 0.1) is 16.7 Å². The zero-order valence-electron chi connectivity index (χ0n) is 18.9. The van der Waals surface area contributed by atoms with Crippen molar-refractivity contribution in [1.29, 1.82) is 0 Å². The first-order chi connectivity index (χ1) is 16.6. The smallest absolute Gasteiger partial charge is 0.255 e. The normalized spacial score (nSPS) is 11.4. The van der Waals surface area contributed by atoms with Gasteiger partial charge in [-0.3, -0.25) is 4.79 Å². The lowest BCUT2D eigenvalue weighted by atomic mass is 10.0. The third-order valence-corrected chi connectivity index (χ3v) is 6.23. The average Bonchev–Trinajstić information content (AvgIpc) is 3.22. The van der Waals surface area contributed by atoms with Crippen LogP contribution in [-0.4, -0.2) is 20.5 Å². The highest BCUT2D eigenvalue weighted by atomic mass is 16.1. The van der Waals surface area contributed by atoms with Crippen molar-refractivity contribution in [3.05, 3.63) is 108 Å². The van der Waals surface area contributed by atoms with Crippen LogP contribution in [0.3, 0.4) is 0 Å². The molecule has 2 aromatic heterocycles. The molecule has 0 fully saturated rings. The van der Waals surface area contributed by atoms with Crippen molar-refractivity contribution in [2.75, 3.05) is 5.32 Å². The number of rotatable bonds is 3. The van der Waals surface area contributed by atoms with Crippen LogP contribution >= 0.6 is 0 Å². The Hall–Kier alpha value is -4.51. The Morgan fingerprint density at radius 2 is 1.56 bits per heavy atom. The number of imidazole rings is 1. The molecule has 0 unspecified atom stereocenters. The number of hydrogen-bond donors (Lipinski definition) is 1. The van der Waals surface area contributed by atoms with E-state index < -0.39 is 0 Å². The van der Waals surface area contributed by atoms with E-state index >= 15 is 0 Å². The molecule has 0 radical (unpaired) electrons. The van der Waals surface area contributed by atoms with E-state index in [1.54, 1.807) is 0 Å². The summed E-state index contributed by atoms with van der Waals surface area (Å²) in [6.45, 7) is 4.01. The van der Waals surface area contributed by atoms with Gasteiger partial charge in [0.15, 0.2) is 5.65 Å². The summed E-state index contributed by atoms with van der Waals surface area (Å²) in [6.07, 6.45) is 0. The second-order valence-electron chi connectivity index (χ2n) is 8.58. The van der Waals surface area contributed by atoms with Crippen molar-refractivity contribution in [2.24, 2.45) is 0 Å². The molecule has 0 spiro atoms. The number of aryl methyl sites for hydroxylation is 2. The predicted octanol–water partition coefficient (Wildman–Crippen LogP) is 6.57. The quantitative estimate of drug-likeness (QED) is 0.337. The number of nitrogens with one attached hydrogen (secondary N) is 1. The molecule has 0 bridgehead atoms. The maximum atomic E-state index is 12.8. The molecule has 1 amide bonds. The second kappa shape index (κ2) is 7.81. The van der Waals surface area contributed by atoms with E-state index in [9.17, 15) is 4.79 Å². The number of hydrogen-bond acceptors (Lipinski definition) is 3. The van der Waals surface area contributed by atoms with Gasteiger partial charge in [-0.2, -0.15) is 5.10 Å². The molecule has 4 aromatic carbocycles. The molecule has 5 nitrogen and oxygen atoms in total. The van der Waals surface area contributed by atoms with Crippen molar-refractivity contribution in [1.82, 2.24) is 14.6 Å². The first-order valence-electron chi connectivity index (χ1n) is 11.2. The highest BCUT2D eigenvalue weighted by Crippen LogP contribution is 2.31. The number of carbonyl (C=O) groups excluding carboxylic acids is 1. The van der Waals surface area contributed by atoms with Crippen LogP contribution in [0.25, 0.3) is 38.7 Å². The Bertz CT molecular complexity index is 1710. The number of nitrogens with zero attached hydrogens (tertiary/aromatic N) is 3. The van der Waals surface area contributed by atoms with Gasteiger partial charge in [-0.1, -0.05) is 72.3 Å². The Kier molecular flexibility index (Phi) is 4.62. The molecule has 0 aliphatic heterocycles. The summed E-state index contributed by atoms with van der Waals surface area (Å²) in [5.74, 6) is -0.133. The number of anilines is 1. The summed E-state index contributed by atoms with van der Waals surface area (Å²) in [5.41, 5.74) is 7.95. The zero-order valence-corrected chi connectivity index (χ0v) is 18.9. The summed E-state index contributed by atoms with van der Waals surface area (Å²) in [4.78, 5) is 17.7. The summed E-state index contributed by atoms with van der Waals surface area (Å²) in [6, 6.07) is 30.0. The first kappa shape index (κ1) is 20.1. The van der Waals surface area contributed by atoms with Crippen LogP contribution < -0.4 is 5.32 Å². The fourth-order valence-electron chi connectivity index (χ4n) is 4.41. The van der Waals surface area contributed by atoms with Gasteiger partial charge in [-0.25, -0.2) is 9.50 Å². The van der Waals surface area contributed by atoms with Gasteiger partial charge in [0, 0.05) is 27.6 Å². The molecule has 1 N–H and O–H groups in total.